The summed E-state index contributed by atoms with van der Waals surface area (Å²) < 4.78 is 0. The molecule has 3 aromatic rings. The van der Waals surface area contributed by atoms with Crippen LogP contribution in [0.4, 0.5) is 0 Å². The summed E-state index contributed by atoms with van der Waals surface area (Å²) in [6.45, 7) is 0.130. The molecule has 0 bridgehead atoms. The summed E-state index contributed by atoms with van der Waals surface area (Å²) in [6.07, 6.45) is 0.934. The molecule has 116 valence electrons. The number of amides is 1. The normalized spacial score (nSPS) is 12.1. The van der Waals surface area contributed by atoms with Crippen molar-refractivity contribution in [3.63, 3.8) is 0 Å². The number of rotatable bonds is 4. The molecule has 0 aliphatic carbocycles. The third-order valence-electron chi connectivity index (χ3n) is 3.58. The molecule has 1 atom stereocenters. The number of carbonyl (C=O) groups excluding carboxylic acids is 1. The molecule has 0 saturated heterocycles. The second-order valence-corrected chi connectivity index (χ2v) is 5.62. The van der Waals surface area contributed by atoms with Crippen molar-refractivity contribution in [2.24, 2.45) is 0 Å². The molecule has 5 heteroatoms. The summed E-state index contributed by atoms with van der Waals surface area (Å²) in [7, 11) is 0. The van der Waals surface area contributed by atoms with Crippen LogP contribution in [0.2, 0.25) is 5.02 Å². The molecule has 3 rings (SSSR count). The van der Waals surface area contributed by atoms with Gasteiger partial charge >= 0.3 is 0 Å². The van der Waals surface area contributed by atoms with Gasteiger partial charge in [-0.1, -0.05) is 29.8 Å². The van der Waals surface area contributed by atoms with Gasteiger partial charge in [-0.3, -0.25) is 9.78 Å². The molecular formula is C18H15ClN2O2. The lowest BCUT2D eigenvalue weighted by molar-refractivity contribution is 0.0916. The number of nitrogens with zero attached hydrogens (tertiary/aromatic N) is 1. The van der Waals surface area contributed by atoms with Crippen LogP contribution in [0.5, 0.6) is 0 Å². The molecule has 0 aliphatic heterocycles. The molecule has 0 radical (unpaired) electrons. The molecule has 1 heterocycles. The smallest absolute Gasteiger partial charge is 0.251 e. The van der Waals surface area contributed by atoms with E-state index in [2.05, 4.69) is 10.3 Å². The van der Waals surface area contributed by atoms with E-state index in [0.29, 0.717) is 16.1 Å². The van der Waals surface area contributed by atoms with E-state index in [1.165, 1.54) is 0 Å². The number of pyridine rings is 1. The first-order valence-electron chi connectivity index (χ1n) is 7.20. The van der Waals surface area contributed by atoms with Gasteiger partial charge in [-0.15, -0.1) is 0 Å². The highest BCUT2D eigenvalue weighted by molar-refractivity contribution is 6.30. The Balaban J connectivity index is 1.67. The summed E-state index contributed by atoms with van der Waals surface area (Å²) in [6, 6.07) is 15.9. The van der Waals surface area contributed by atoms with E-state index in [0.717, 1.165) is 10.9 Å². The third-order valence-corrected chi connectivity index (χ3v) is 3.83. The number of aliphatic hydroxyl groups is 1. The average Bonchev–Trinajstić information content (AvgIpc) is 2.59. The van der Waals surface area contributed by atoms with Crippen LogP contribution < -0.4 is 5.32 Å². The predicted octanol–water partition coefficient (Wildman–Crippen LogP) is 3.35. The number of aliphatic hydroxyl groups excluding tert-OH is 1. The molecule has 0 saturated carbocycles. The molecule has 0 fully saturated rings. The molecule has 4 nitrogen and oxygen atoms in total. The van der Waals surface area contributed by atoms with Gasteiger partial charge in [0, 0.05) is 28.7 Å². The van der Waals surface area contributed by atoms with Gasteiger partial charge in [0.15, 0.2) is 0 Å². The van der Waals surface area contributed by atoms with Crippen molar-refractivity contribution in [3.05, 3.63) is 76.9 Å². The maximum atomic E-state index is 12.2. The van der Waals surface area contributed by atoms with Crippen molar-refractivity contribution in [2.75, 3.05) is 6.54 Å². The maximum absolute atomic E-state index is 12.2. The molecule has 0 aliphatic rings. The van der Waals surface area contributed by atoms with E-state index >= 15 is 0 Å². The summed E-state index contributed by atoms with van der Waals surface area (Å²) >= 11 is 5.82. The number of benzene rings is 2. The van der Waals surface area contributed by atoms with Crippen molar-refractivity contribution >= 4 is 28.4 Å². The van der Waals surface area contributed by atoms with Crippen LogP contribution in [0.3, 0.4) is 0 Å². The van der Waals surface area contributed by atoms with Crippen molar-refractivity contribution in [2.45, 2.75) is 6.10 Å². The Kier molecular flexibility index (Phi) is 4.55. The highest BCUT2D eigenvalue weighted by atomic mass is 35.5. The lowest BCUT2D eigenvalue weighted by Gasteiger charge is -2.12. The second-order valence-electron chi connectivity index (χ2n) is 5.19. The van der Waals surface area contributed by atoms with Crippen LogP contribution in [0.15, 0.2) is 60.8 Å². The zero-order valence-corrected chi connectivity index (χ0v) is 13.0. The Bertz CT molecular complexity index is 834. The number of hydrogen-bond acceptors (Lipinski definition) is 3. The molecule has 2 aromatic carbocycles. The fourth-order valence-corrected chi connectivity index (χ4v) is 2.44. The van der Waals surface area contributed by atoms with E-state index in [4.69, 9.17) is 11.6 Å². The van der Waals surface area contributed by atoms with Crippen molar-refractivity contribution in [1.82, 2.24) is 10.3 Å². The number of carbonyl (C=O) groups is 1. The van der Waals surface area contributed by atoms with E-state index in [-0.39, 0.29) is 12.5 Å². The quantitative estimate of drug-likeness (QED) is 0.773. The summed E-state index contributed by atoms with van der Waals surface area (Å²) in [5.41, 5.74) is 2.08. The number of aromatic nitrogens is 1. The van der Waals surface area contributed by atoms with Gasteiger partial charge in [0.1, 0.15) is 0 Å². The Labute approximate surface area is 138 Å². The van der Waals surface area contributed by atoms with E-state index in [1.54, 1.807) is 48.7 Å². The van der Waals surface area contributed by atoms with Gasteiger partial charge in [0.25, 0.3) is 5.91 Å². The summed E-state index contributed by atoms with van der Waals surface area (Å²) in [5.74, 6) is -0.233. The highest BCUT2D eigenvalue weighted by Crippen LogP contribution is 2.16. The molecule has 23 heavy (non-hydrogen) atoms. The Morgan fingerprint density at radius 3 is 2.74 bits per heavy atom. The number of fused-ring (bicyclic) bond motifs is 1. The summed E-state index contributed by atoms with van der Waals surface area (Å²) in [5, 5.41) is 14.4. The first-order valence-corrected chi connectivity index (χ1v) is 7.58. The molecule has 1 amide bonds. The van der Waals surface area contributed by atoms with Gasteiger partial charge in [0.05, 0.1) is 11.6 Å². The first kappa shape index (κ1) is 15.5. The SMILES string of the molecule is O=C(NCC(O)c1ccc(Cl)cc1)c1ccc2ncccc2c1. The van der Waals surface area contributed by atoms with Crippen LogP contribution in [0.25, 0.3) is 10.9 Å². The largest absolute Gasteiger partial charge is 0.387 e. The standard InChI is InChI=1S/C18H15ClN2O2/c19-15-6-3-12(4-7-15)17(22)11-21-18(23)14-5-8-16-13(10-14)2-1-9-20-16/h1-10,17,22H,11H2,(H,21,23). The van der Waals surface area contributed by atoms with Gasteiger partial charge in [-0.25, -0.2) is 0 Å². The maximum Gasteiger partial charge on any atom is 0.251 e. The number of nitrogens with one attached hydrogen (secondary N) is 1. The Morgan fingerprint density at radius 1 is 1.17 bits per heavy atom. The van der Waals surface area contributed by atoms with Gasteiger partial charge in [-0.05, 0) is 42.0 Å². The minimum atomic E-state index is -0.779. The second kappa shape index (κ2) is 6.77. The van der Waals surface area contributed by atoms with Crippen molar-refractivity contribution in [1.29, 1.82) is 0 Å². The van der Waals surface area contributed by atoms with Gasteiger partial charge in [-0.2, -0.15) is 0 Å². The number of hydrogen-bond donors (Lipinski definition) is 2. The monoisotopic (exact) mass is 326 g/mol. The van der Waals surface area contributed by atoms with Crippen LogP contribution in [0, 0.1) is 0 Å². The van der Waals surface area contributed by atoms with Gasteiger partial charge < -0.3 is 10.4 Å². The fraction of sp³-hybridized carbons (Fsp3) is 0.111. The van der Waals surface area contributed by atoms with Crippen LogP contribution in [-0.2, 0) is 0 Å². The highest BCUT2D eigenvalue weighted by Gasteiger charge is 2.11. The third kappa shape index (κ3) is 3.67. The van der Waals surface area contributed by atoms with Crippen LogP contribution in [-0.4, -0.2) is 22.5 Å². The molecule has 2 N–H and O–H groups in total. The zero-order chi connectivity index (χ0) is 16.2. The average molecular weight is 327 g/mol. The predicted molar refractivity (Wildman–Crippen MR) is 90.5 cm³/mol. The number of halogens is 1. The van der Waals surface area contributed by atoms with Crippen LogP contribution in [0.1, 0.15) is 22.0 Å². The lowest BCUT2D eigenvalue weighted by Crippen LogP contribution is -2.28. The van der Waals surface area contributed by atoms with E-state index in [9.17, 15) is 9.90 Å². The Morgan fingerprint density at radius 2 is 1.96 bits per heavy atom. The van der Waals surface area contributed by atoms with E-state index < -0.39 is 6.10 Å². The topological polar surface area (TPSA) is 62.2 Å². The van der Waals surface area contributed by atoms with Crippen molar-refractivity contribution < 1.29 is 9.90 Å². The van der Waals surface area contributed by atoms with Crippen LogP contribution >= 0.6 is 11.6 Å². The molecule has 0 spiro atoms. The molecule has 1 aromatic heterocycles. The Hall–Kier alpha value is -2.43. The van der Waals surface area contributed by atoms with Gasteiger partial charge in [0.2, 0.25) is 0 Å². The van der Waals surface area contributed by atoms with Crippen molar-refractivity contribution in [3.8, 4) is 0 Å². The molecule has 1 unspecified atom stereocenters. The summed E-state index contributed by atoms with van der Waals surface area (Å²) in [4.78, 5) is 16.4. The zero-order valence-electron chi connectivity index (χ0n) is 12.2. The lowest BCUT2D eigenvalue weighted by atomic mass is 10.1. The minimum Gasteiger partial charge on any atom is -0.387 e. The minimum absolute atomic E-state index is 0.130. The first-order chi connectivity index (χ1) is 11.1. The fourth-order valence-electron chi connectivity index (χ4n) is 2.31. The molecular weight excluding hydrogens is 312 g/mol. The van der Waals surface area contributed by atoms with E-state index in [1.807, 2.05) is 12.1 Å².